The van der Waals surface area contributed by atoms with Gasteiger partial charge < -0.3 is 5.32 Å². The summed E-state index contributed by atoms with van der Waals surface area (Å²) in [5.41, 5.74) is 1.47. The molecule has 0 aliphatic heterocycles. The molecule has 1 aliphatic rings. The molecule has 1 saturated carbocycles. The maximum Gasteiger partial charge on any atom is 0.0834 e. The fourth-order valence-electron chi connectivity index (χ4n) is 3.44. The summed E-state index contributed by atoms with van der Waals surface area (Å²) >= 11 is 6.41. The minimum absolute atomic E-state index is 0.296. The molecule has 2 rings (SSSR count). The first-order valence-electron chi connectivity index (χ1n) is 7.57. The molecule has 0 radical (unpaired) electrons. The first-order chi connectivity index (χ1) is 9.12. The van der Waals surface area contributed by atoms with Crippen LogP contribution in [0, 0.1) is 5.41 Å². The maximum absolute atomic E-state index is 6.41. The zero-order valence-electron chi connectivity index (χ0n) is 12.4. The molecule has 0 aromatic carbocycles. The minimum Gasteiger partial charge on any atom is -0.308 e. The van der Waals surface area contributed by atoms with Gasteiger partial charge in [0.2, 0.25) is 0 Å². The molecule has 4 heteroatoms. The largest absolute Gasteiger partial charge is 0.308 e. The Bertz CT molecular complexity index is 408. The molecular formula is C15H26ClN3. The Kier molecular flexibility index (Phi) is 4.91. The number of aromatic nitrogens is 2. The van der Waals surface area contributed by atoms with Crippen LogP contribution in [0.25, 0.3) is 0 Å². The van der Waals surface area contributed by atoms with Crippen molar-refractivity contribution in [3.8, 4) is 0 Å². The topological polar surface area (TPSA) is 29.9 Å². The molecule has 19 heavy (non-hydrogen) atoms. The number of rotatable bonds is 5. The Hall–Kier alpha value is -0.540. The summed E-state index contributed by atoms with van der Waals surface area (Å²) in [4.78, 5) is 0. The highest BCUT2D eigenvalue weighted by molar-refractivity contribution is 6.31. The molecule has 3 nitrogen and oxygen atoms in total. The van der Waals surface area contributed by atoms with Gasteiger partial charge in [0.05, 0.1) is 23.0 Å². The molecule has 1 aromatic rings. The van der Waals surface area contributed by atoms with Gasteiger partial charge in [-0.25, -0.2) is 0 Å². The lowest BCUT2D eigenvalue weighted by Gasteiger charge is -2.41. The normalized spacial score (nSPS) is 20.4. The highest BCUT2D eigenvalue weighted by Crippen LogP contribution is 2.46. The van der Waals surface area contributed by atoms with E-state index in [1.165, 1.54) is 37.8 Å². The summed E-state index contributed by atoms with van der Waals surface area (Å²) in [6, 6.07) is 0.313. The second-order valence-electron chi connectivity index (χ2n) is 5.90. The molecule has 1 unspecified atom stereocenters. The van der Waals surface area contributed by atoms with Crippen molar-refractivity contribution in [3.05, 3.63) is 16.9 Å². The molecule has 1 fully saturated rings. The zero-order valence-corrected chi connectivity index (χ0v) is 13.1. The summed E-state index contributed by atoms with van der Waals surface area (Å²) < 4.78 is 2.05. The molecule has 0 bridgehead atoms. The fourth-order valence-corrected chi connectivity index (χ4v) is 3.69. The summed E-state index contributed by atoms with van der Waals surface area (Å²) in [6.07, 6.45) is 8.37. The van der Waals surface area contributed by atoms with Gasteiger partial charge >= 0.3 is 0 Å². The average Bonchev–Trinajstić information content (AvgIpc) is 2.77. The molecule has 1 heterocycles. The highest BCUT2D eigenvalue weighted by Gasteiger charge is 2.38. The second-order valence-corrected chi connectivity index (χ2v) is 6.31. The SMILES string of the molecule is CCNC(c1c(Cl)cnn1CC)C1(C)CCCCC1. The van der Waals surface area contributed by atoms with E-state index in [9.17, 15) is 0 Å². The van der Waals surface area contributed by atoms with Crippen LogP contribution in [-0.4, -0.2) is 16.3 Å². The second kappa shape index (κ2) is 6.27. The maximum atomic E-state index is 6.41. The van der Waals surface area contributed by atoms with E-state index in [1.807, 2.05) is 0 Å². The van der Waals surface area contributed by atoms with Crippen molar-refractivity contribution in [1.29, 1.82) is 0 Å². The van der Waals surface area contributed by atoms with Gasteiger partial charge in [-0.15, -0.1) is 0 Å². The van der Waals surface area contributed by atoms with Crippen molar-refractivity contribution in [2.24, 2.45) is 5.41 Å². The van der Waals surface area contributed by atoms with E-state index in [4.69, 9.17) is 11.6 Å². The van der Waals surface area contributed by atoms with E-state index in [0.717, 1.165) is 18.1 Å². The lowest BCUT2D eigenvalue weighted by atomic mass is 9.69. The predicted octanol–water partition coefficient (Wildman–Crippen LogP) is 4.18. The first-order valence-corrected chi connectivity index (χ1v) is 7.94. The Labute approximate surface area is 121 Å². The van der Waals surface area contributed by atoms with Crippen molar-refractivity contribution in [2.75, 3.05) is 6.54 Å². The van der Waals surface area contributed by atoms with Crippen LogP contribution in [0.15, 0.2) is 6.20 Å². The van der Waals surface area contributed by atoms with Crippen LogP contribution in [0.5, 0.6) is 0 Å². The van der Waals surface area contributed by atoms with Crippen LogP contribution in [0.3, 0.4) is 0 Å². The Morgan fingerprint density at radius 2 is 2.05 bits per heavy atom. The van der Waals surface area contributed by atoms with E-state index in [2.05, 4.69) is 35.9 Å². The highest BCUT2D eigenvalue weighted by atomic mass is 35.5. The standard InChI is InChI=1S/C15H26ClN3/c1-4-17-14(15(3)9-7-6-8-10-15)13-12(16)11-18-19(13)5-2/h11,14,17H,4-10H2,1-3H3. The van der Waals surface area contributed by atoms with Gasteiger partial charge in [0.25, 0.3) is 0 Å². The number of nitrogens with zero attached hydrogens (tertiary/aromatic N) is 2. The van der Waals surface area contributed by atoms with E-state index in [1.54, 1.807) is 6.20 Å². The van der Waals surface area contributed by atoms with E-state index >= 15 is 0 Å². The van der Waals surface area contributed by atoms with Crippen molar-refractivity contribution < 1.29 is 0 Å². The number of hydrogen-bond donors (Lipinski definition) is 1. The molecule has 108 valence electrons. The van der Waals surface area contributed by atoms with Gasteiger partial charge in [-0.3, -0.25) is 4.68 Å². The quantitative estimate of drug-likeness (QED) is 0.879. The number of nitrogens with one attached hydrogen (secondary N) is 1. The van der Waals surface area contributed by atoms with Crippen LogP contribution in [0.4, 0.5) is 0 Å². The monoisotopic (exact) mass is 283 g/mol. The number of halogens is 1. The third-order valence-electron chi connectivity index (χ3n) is 4.51. The molecule has 1 N–H and O–H groups in total. The number of aryl methyl sites for hydroxylation is 1. The zero-order chi connectivity index (χ0) is 13.9. The molecule has 1 atom stereocenters. The van der Waals surface area contributed by atoms with Crippen LogP contribution in [-0.2, 0) is 6.54 Å². The average molecular weight is 284 g/mol. The molecule has 1 aliphatic carbocycles. The van der Waals surface area contributed by atoms with E-state index in [-0.39, 0.29) is 0 Å². The minimum atomic E-state index is 0.296. The third kappa shape index (κ3) is 2.97. The Balaban J connectivity index is 2.35. The third-order valence-corrected chi connectivity index (χ3v) is 4.80. The Morgan fingerprint density at radius 1 is 1.37 bits per heavy atom. The summed E-state index contributed by atoms with van der Waals surface area (Å²) in [6.45, 7) is 8.53. The molecule has 0 amide bonds. The predicted molar refractivity (Wildman–Crippen MR) is 80.5 cm³/mol. The smallest absolute Gasteiger partial charge is 0.0834 e. The van der Waals surface area contributed by atoms with E-state index in [0.29, 0.717) is 11.5 Å². The lowest BCUT2D eigenvalue weighted by molar-refractivity contribution is 0.140. The fraction of sp³-hybridized carbons (Fsp3) is 0.800. The summed E-state index contributed by atoms with van der Waals surface area (Å²) in [5, 5.41) is 8.88. The molecule has 1 aromatic heterocycles. The number of hydrogen-bond acceptors (Lipinski definition) is 2. The van der Waals surface area contributed by atoms with Crippen LogP contribution < -0.4 is 5.32 Å². The van der Waals surface area contributed by atoms with Gasteiger partial charge in [0, 0.05) is 6.54 Å². The first kappa shape index (κ1) is 14.9. The Morgan fingerprint density at radius 3 is 2.63 bits per heavy atom. The lowest BCUT2D eigenvalue weighted by Crippen LogP contribution is -2.39. The van der Waals surface area contributed by atoms with Crippen LogP contribution in [0.1, 0.15) is 64.6 Å². The van der Waals surface area contributed by atoms with Crippen molar-refractivity contribution in [2.45, 2.75) is 65.5 Å². The van der Waals surface area contributed by atoms with Gasteiger partial charge in [-0.1, -0.05) is 44.7 Å². The van der Waals surface area contributed by atoms with Crippen molar-refractivity contribution in [1.82, 2.24) is 15.1 Å². The molecule has 0 saturated heterocycles. The van der Waals surface area contributed by atoms with Gasteiger partial charge in [-0.05, 0) is 31.7 Å². The van der Waals surface area contributed by atoms with Crippen molar-refractivity contribution in [3.63, 3.8) is 0 Å². The molecule has 0 spiro atoms. The van der Waals surface area contributed by atoms with E-state index < -0.39 is 0 Å². The van der Waals surface area contributed by atoms with Gasteiger partial charge in [0.1, 0.15) is 0 Å². The van der Waals surface area contributed by atoms with Crippen molar-refractivity contribution >= 4 is 11.6 Å². The van der Waals surface area contributed by atoms with Gasteiger partial charge in [-0.2, -0.15) is 5.10 Å². The summed E-state index contributed by atoms with van der Waals surface area (Å²) in [5.74, 6) is 0. The molecular weight excluding hydrogens is 258 g/mol. The van der Waals surface area contributed by atoms with Crippen LogP contribution in [0.2, 0.25) is 5.02 Å². The summed E-state index contributed by atoms with van der Waals surface area (Å²) in [7, 11) is 0. The van der Waals surface area contributed by atoms with Crippen LogP contribution >= 0.6 is 11.6 Å². The van der Waals surface area contributed by atoms with Gasteiger partial charge in [0.15, 0.2) is 0 Å².